The van der Waals surface area contributed by atoms with Crippen LogP contribution < -0.4 is 5.73 Å². The number of rotatable bonds is 4. The van der Waals surface area contributed by atoms with Crippen molar-refractivity contribution in [2.45, 2.75) is 13.1 Å². The molecule has 0 radical (unpaired) electrons. The molecular formula is C15H16Cl2N2. The van der Waals surface area contributed by atoms with Gasteiger partial charge in [-0.05, 0) is 42.4 Å². The number of benzene rings is 2. The number of halogens is 2. The molecule has 0 atom stereocenters. The van der Waals surface area contributed by atoms with Gasteiger partial charge in [0, 0.05) is 18.1 Å². The first-order chi connectivity index (χ1) is 9.04. The molecule has 0 heterocycles. The highest BCUT2D eigenvalue weighted by Crippen LogP contribution is 2.20. The Morgan fingerprint density at radius 3 is 2.16 bits per heavy atom. The van der Waals surface area contributed by atoms with Gasteiger partial charge >= 0.3 is 0 Å². The second-order valence-electron chi connectivity index (χ2n) is 4.65. The largest absolute Gasteiger partial charge is 0.398 e. The second kappa shape index (κ2) is 6.29. The average molecular weight is 295 g/mol. The van der Waals surface area contributed by atoms with Gasteiger partial charge in [-0.1, -0.05) is 41.4 Å². The molecule has 0 aromatic heterocycles. The lowest BCUT2D eigenvalue weighted by Gasteiger charge is -2.17. The van der Waals surface area contributed by atoms with Crippen molar-refractivity contribution in [1.82, 2.24) is 4.90 Å². The highest BCUT2D eigenvalue weighted by molar-refractivity contribution is 6.33. The fraction of sp³-hybridized carbons (Fsp3) is 0.200. The molecule has 0 aliphatic rings. The van der Waals surface area contributed by atoms with Gasteiger partial charge in [0.15, 0.2) is 0 Å². The Labute approximate surface area is 123 Å². The Kier molecular flexibility index (Phi) is 4.70. The Balaban J connectivity index is 1.98. The monoisotopic (exact) mass is 294 g/mol. The molecule has 0 spiro atoms. The third-order valence-corrected chi connectivity index (χ3v) is 3.47. The maximum Gasteiger partial charge on any atom is 0.0635 e. The first-order valence-corrected chi connectivity index (χ1v) is 6.77. The van der Waals surface area contributed by atoms with Crippen molar-refractivity contribution in [2.75, 3.05) is 12.8 Å². The fourth-order valence-electron chi connectivity index (χ4n) is 1.96. The SMILES string of the molecule is CN(Cc1ccc(Cl)cc1)Cc1ccc(Cl)c(N)c1. The maximum absolute atomic E-state index is 5.91. The summed E-state index contributed by atoms with van der Waals surface area (Å²) < 4.78 is 0. The molecule has 0 bridgehead atoms. The summed E-state index contributed by atoms with van der Waals surface area (Å²) in [5.74, 6) is 0. The number of nitrogens with zero attached hydrogens (tertiary/aromatic N) is 1. The highest BCUT2D eigenvalue weighted by atomic mass is 35.5. The van der Waals surface area contributed by atoms with Gasteiger partial charge in [-0.2, -0.15) is 0 Å². The van der Waals surface area contributed by atoms with E-state index in [0.29, 0.717) is 10.7 Å². The van der Waals surface area contributed by atoms with Crippen molar-refractivity contribution < 1.29 is 0 Å². The first-order valence-electron chi connectivity index (χ1n) is 6.01. The lowest BCUT2D eigenvalue weighted by molar-refractivity contribution is 0.319. The first kappa shape index (κ1) is 14.2. The van der Waals surface area contributed by atoms with E-state index in [1.54, 1.807) is 0 Å². The van der Waals surface area contributed by atoms with Crippen molar-refractivity contribution in [3.63, 3.8) is 0 Å². The van der Waals surface area contributed by atoms with E-state index in [1.165, 1.54) is 5.56 Å². The minimum absolute atomic E-state index is 0.601. The minimum Gasteiger partial charge on any atom is -0.398 e. The van der Waals surface area contributed by atoms with Crippen LogP contribution in [0, 0.1) is 0 Å². The molecule has 0 fully saturated rings. The van der Waals surface area contributed by atoms with Crippen molar-refractivity contribution in [3.8, 4) is 0 Å². The van der Waals surface area contributed by atoms with E-state index in [1.807, 2.05) is 42.5 Å². The van der Waals surface area contributed by atoms with E-state index >= 15 is 0 Å². The zero-order valence-corrected chi connectivity index (χ0v) is 12.2. The minimum atomic E-state index is 0.601. The van der Waals surface area contributed by atoms with E-state index in [9.17, 15) is 0 Å². The van der Waals surface area contributed by atoms with Crippen LogP contribution >= 0.6 is 23.2 Å². The molecule has 2 nitrogen and oxygen atoms in total. The normalized spacial score (nSPS) is 10.9. The summed E-state index contributed by atoms with van der Waals surface area (Å²) in [5, 5.41) is 1.36. The van der Waals surface area contributed by atoms with E-state index in [-0.39, 0.29) is 0 Å². The summed E-state index contributed by atoms with van der Waals surface area (Å²) in [6.45, 7) is 1.68. The van der Waals surface area contributed by atoms with Crippen molar-refractivity contribution in [3.05, 3.63) is 63.6 Å². The van der Waals surface area contributed by atoms with Gasteiger partial charge in [-0.15, -0.1) is 0 Å². The molecular weight excluding hydrogens is 279 g/mol. The predicted molar refractivity (Wildman–Crippen MR) is 82.5 cm³/mol. The van der Waals surface area contributed by atoms with Crippen LogP contribution in [-0.2, 0) is 13.1 Å². The third kappa shape index (κ3) is 4.13. The molecule has 2 N–H and O–H groups in total. The summed E-state index contributed by atoms with van der Waals surface area (Å²) in [6, 6.07) is 13.6. The molecule has 19 heavy (non-hydrogen) atoms. The highest BCUT2D eigenvalue weighted by Gasteiger charge is 2.04. The second-order valence-corrected chi connectivity index (χ2v) is 5.50. The zero-order chi connectivity index (χ0) is 13.8. The Morgan fingerprint density at radius 1 is 0.947 bits per heavy atom. The van der Waals surface area contributed by atoms with Crippen LogP contribution in [0.3, 0.4) is 0 Å². The molecule has 4 heteroatoms. The summed E-state index contributed by atoms with van der Waals surface area (Å²) in [5.41, 5.74) is 8.81. The molecule has 0 aliphatic carbocycles. The Hall–Kier alpha value is -1.22. The molecule has 0 saturated carbocycles. The number of hydrogen-bond acceptors (Lipinski definition) is 2. The van der Waals surface area contributed by atoms with Crippen LogP contribution in [-0.4, -0.2) is 11.9 Å². The van der Waals surface area contributed by atoms with Gasteiger partial charge in [0.1, 0.15) is 0 Å². The molecule has 0 amide bonds. The summed E-state index contributed by atoms with van der Waals surface area (Å²) in [6.07, 6.45) is 0. The van der Waals surface area contributed by atoms with E-state index in [2.05, 4.69) is 11.9 Å². The van der Waals surface area contributed by atoms with Crippen LogP contribution in [0.2, 0.25) is 10.0 Å². The zero-order valence-electron chi connectivity index (χ0n) is 10.7. The number of hydrogen-bond donors (Lipinski definition) is 1. The third-order valence-electron chi connectivity index (χ3n) is 2.88. The molecule has 0 saturated heterocycles. The van der Waals surface area contributed by atoms with Crippen LogP contribution in [0.5, 0.6) is 0 Å². The van der Waals surface area contributed by atoms with Crippen LogP contribution in [0.1, 0.15) is 11.1 Å². The van der Waals surface area contributed by atoms with Gasteiger partial charge in [0.2, 0.25) is 0 Å². The van der Waals surface area contributed by atoms with Crippen LogP contribution in [0.4, 0.5) is 5.69 Å². The lowest BCUT2D eigenvalue weighted by Crippen LogP contribution is -2.17. The van der Waals surface area contributed by atoms with Crippen LogP contribution in [0.25, 0.3) is 0 Å². The van der Waals surface area contributed by atoms with Gasteiger partial charge in [0.25, 0.3) is 0 Å². The van der Waals surface area contributed by atoms with Gasteiger partial charge in [-0.25, -0.2) is 0 Å². The summed E-state index contributed by atoms with van der Waals surface area (Å²) in [4.78, 5) is 2.21. The number of anilines is 1. The van der Waals surface area contributed by atoms with E-state index in [0.717, 1.165) is 23.7 Å². The van der Waals surface area contributed by atoms with Crippen molar-refractivity contribution >= 4 is 28.9 Å². The Bertz CT molecular complexity index is 553. The maximum atomic E-state index is 5.91. The van der Waals surface area contributed by atoms with Crippen LogP contribution in [0.15, 0.2) is 42.5 Å². The molecule has 2 aromatic carbocycles. The van der Waals surface area contributed by atoms with E-state index < -0.39 is 0 Å². The molecule has 0 aliphatic heterocycles. The molecule has 2 rings (SSSR count). The lowest BCUT2D eigenvalue weighted by atomic mass is 10.1. The van der Waals surface area contributed by atoms with E-state index in [4.69, 9.17) is 28.9 Å². The van der Waals surface area contributed by atoms with Gasteiger partial charge in [-0.3, -0.25) is 4.90 Å². The molecule has 0 unspecified atom stereocenters. The number of nitrogens with two attached hydrogens (primary N) is 1. The average Bonchev–Trinajstić information content (AvgIpc) is 2.37. The summed E-state index contributed by atoms with van der Waals surface area (Å²) >= 11 is 11.8. The van der Waals surface area contributed by atoms with Gasteiger partial charge in [0.05, 0.1) is 10.7 Å². The molecule has 2 aromatic rings. The van der Waals surface area contributed by atoms with Gasteiger partial charge < -0.3 is 5.73 Å². The summed E-state index contributed by atoms with van der Waals surface area (Å²) in [7, 11) is 2.07. The van der Waals surface area contributed by atoms with Crippen molar-refractivity contribution in [2.24, 2.45) is 0 Å². The Morgan fingerprint density at radius 2 is 1.53 bits per heavy atom. The fourth-order valence-corrected chi connectivity index (χ4v) is 2.20. The number of nitrogen functional groups attached to an aromatic ring is 1. The predicted octanol–water partition coefficient (Wildman–Crippen LogP) is 4.21. The smallest absolute Gasteiger partial charge is 0.0635 e. The molecule has 100 valence electrons. The topological polar surface area (TPSA) is 29.3 Å². The quantitative estimate of drug-likeness (QED) is 0.856. The van der Waals surface area contributed by atoms with Crippen molar-refractivity contribution in [1.29, 1.82) is 0 Å². The standard InChI is InChI=1S/C15H16Cl2N2/c1-19(9-11-2-5-13(16)6-3-11)10-12-4-7-14(17)15(18)8-12/h2-8H,9-10,18H2,1H3.